The molecule has 2 unspecified atom stereocenters. The fourth-order valence-corrected chi connectivity index (χ4v) is 2.54. The third-order valence-electron chi connectivity index (χ3n) is 4.08. The molecule has 0 aromatic heterocycles. The number of unbranched alkanes of at least 4 members (excludes halogenated alkanes) is 3. The predicted octanol–water partition coefficient (Wildman–Crippen LogP) is 1.78. The average molecular weight is 342 g/mol. The molecule has 0 aliphatic carbocycles. The lowest BCUT2D eigenvalue weighted by Crippen LogP contribution is -2.50. The van der Waals surface area contributed by atoms with Crippen LogP contribution in [-0.2, 0) is 19.2 Å². The number of nitrogens with zero attached hydrogens (tertiary/aromatic N) is 1. The number of hydrogen-bond donors (Lipinski definition) is 2. The van der Waals surface area contributed by atoms with E-state index >= 15 is 0 Å². The number of amides is 1. The number of carbonyl (C=O) groups excluding carboxylic acids is 2. The number of aliphatic hydroxyl groups is 1. The summed E-state index contributed by atoms with van der Waals surface area (Å²) in [6, 6.07) is 0. The molecule has 2 atom stereocenters. The van der Waals surface area contributed by atoms with Crippen LogP contribution in [0.1, 0.15) is 59.3 Å². The molecule has 7 nitrogen and oxygen atoms in total. The van der Waals surface area contributed by atoms with Crippen LogP contribution in [0.4, 0.5) is 0 Å². The molecule has 0 radical (unpaired) electrons. The van der Waals surface area contributed by atoms with E-state index in [4.69, 9.17) is 4.84 Å². The van der Waals surface area contributed by atoms with E-state index in [-0.39, 0.29) is 18.9 Å². The van der Waals surface area contributed by atoms with Gasteiger partial charge in [-0.15, -0.1) is 0 Å². The fraction of sp³-hybridized carbons (Fsp3) is 0.824. The molecule has 0 saturated carbocycles. The molecule has 138 valence electrons. The van der Waals surface area contributed by atoms with Crippen molar-refractivity contribution in [3.63, 3.8) is 0 Å². The van der Waals surface area contributed by atoms with Crippen LogP contribution in [0.5, 0.6) is 0 Å². The Labute approximate surface area is 143 Å². The number of methoxy groups -OCH3 is 1. The van der Waals surface area contributed by atoms with Crippen molar-refractivity contribution >= 4 is 17.6 Å². The van der Waals surface area contributed by atoms with Gasteiger partial charge in [0.15, 0.2) is 0 Å². The van der Waals surface area contributed by atoms with Gasteiger partial charge in [-0.25, -0.2) is 4.79 Å². The summed E-state index contributed by atoms with van der Waals surface area (Å²) in [6.07, 6.45) is 4.29. The molecule has 0 spiro atoms. The van der Waals surface area contributed by atoms with Gasteiger partial charge in [0.2, 0.25) is 12.0 Å². The molecule has 24 heavy (non-hydrogen) atoms. The summed E-state index contributed by atoms with van der Waals surface area (Å²) < 4.78 is 4.66. The van der Waals surface area contributed by atoms with Crippen LogP contribution in [0.25, 0.3) is 0 Å². The Kier molecular flexibility index (Phi) is 8.18. The second-order valence-corrected chi connectivity index (χ2v) is 6.84. The fourth-order valence-electron chi connectivity index (χ4n) is 2.54. The molecule has 2 N–H and O–H groups in total. The van der Waals surface area contributed by atoms with Gasteiger partial charge in [-0.3, -0.25) is 4.79 Å². The first-order valence-electron chi connectivity index (χ1n) is 8.58. The van der Waals surface area contributed by atoms with Gasteiger partial charge in [-0.2, -0.15) is 0 Å². The minimum absolute atomic E-state index is 0.158. The zero-order valence-corrected chi connectivity index (χ0v) is 15.1. The number of rotatable bonds is 10. The second-order valence-electron chi connectivity index (χ2n) is 6.84. The largest absolute Gasteiger partial charge is 0.466 e. The predicted molar refractivity (Wildman–Crippen MR) is 90.5 cm³/mol. The number of nitrogens with one attached hydrogen (secondary N) is 1. The third-order valence-corrected chi connectivity index (χ3v) is 4.08. The number of ether oxygens (including phenoxy) is 1. The average Bonchev–Trinajstić information content (AvgIpc) is 3.03. The lowest BCUT2D eigenvalue weighted by molar-refractivity contribution is -0.152. The van der Waals surface area contributed by atoms with Crippen molar-refractivity contribution in [3.05, 3.63) is 0 Å². The van der Waals surface area contributed by atoms with Crippen LogP contribution < -0.4 is 5.32 Å². The molecule has 1 heterocycles. The highest BCUT2D eigenvalue weighted by molar-refractivity contribution is 6.06. The van der Waals surface area contributed by atoms with Gasteiger partial charge in [0.25, 0.3) is 0 Å². The molecule has 0 aromatic rings. The number of oxime groups is 1. The first-order valence-corrected chi connectivity index (χ1v) is 8.58. The number of esters is 1. The van der Waals surface area contributed by atoms with Gasteiger partial charge in [-0.05, 0) is 20.3 Å². The van der Waals surface area contributed by atoms with Gasteiger partial charge in [-0.1, -0.05) is 37.8 Å². The first-order chi connectivity index (χ1) is 11.3. The summed E-state index contributed by atoms with van der Waals surface area (Å²) in [7, 11) is 1.29. The highest BCUT2D eigenvalue weighted by Crippen LogP contribution is 2.23. The maximum Gasteiger partial charge on any atom is 0.350 e. The molecular formula is C17H30N2O5. The number of carbonyl (C=O) groups is 2. The molecule has 1 rings (SSSR count). The topological polar surface area (TPSA) is 97.2 Å². The van der Waals surface area contributed by atoms with Crippen LogP contribution >= 0.6 is 0 Å². The summed E-state index contributed by atoms with van der Waals surface area (Å²) in [5, 5.41) is 16.1. The van der Waals surface area contributed by atoms with Crippen molar-refractivity contribution in [2.24, 2.45) is 11.1 Å². The minimum Gasteiger partial charge on any atom is -0.466 e. The third kappa shape index (κ3) is 6.11. The van der Waals surface area contributed by atoms with Gasteiger partial charge in [0, 0.05) is 6.42 Å². The zero-order valence-electron chi connectivity index (χ0n) is 15.1. The zero-order chi connectivity index (χ0) is 18.2. The van der Waals surface area contributed by atoms with E-state index < -0.39 is 23.5 Å². The summed E-state index contributed by atoms with van der Waals surface area (Å²) >= 11 is 0. The van der Waals surface area contributed by atoms with Crippen LogP contribution in [0.3, 0.4) is 0 Å². The second kappa shape index (κ2) is 9.61. The Hall–Kier alpha value is -1.63. The van der Waals surface area contributed by atoms with E-state index in [9.17, 15) is 14.7 Å². The lowest BCUT2D eigenvalue weighted by atomic mass is 9.91. The Balaban J connectivity index is 2.74. The van der Waals surface area contributed by atoms with Crippen molar-refractivity contribution < 1.29 is 24.3 Å². The van der Waals surface area contributed by atoms with E-state index in [2.05, 4.69) is 22.1 Å². The molecule has 1 aliphatic heterocycles. The molecule has 1 aliphatic rings. The van der Waals surface area contributed by atoms with Gasteiger partial charge >= 0.3 is 5.97 Å². The van der Waals surface area contributed by atoms with Crippen molar-refractivity contribution in [2.75, 3.05) is 13.7 Å². The Bertz CT molecular complexity index is 462. The van der Waals surface area contributed by atoms with Crippen molar-refractivity contribution in [1.29, 1.82) is 0 Å². The van der Waals surface area contributed by atoms with E-state index in [1.54, 1.807) is 13.8 Å². The summed E-state index contributed by atoms with van der Waals surface area (Å²) in [6.45, 7) is 5.48. The normalized spacial score (nSPS) is 18.5. The van der Waals surface area contributed by atoms with Crippen LogP contribution in [-0.4, -0.2) is 48.1 Å². The standard InChI is InChI=1S/C17H30N2O5/c1-5-6-7-8-9-12(15(21)18-17(2,3)11-20)13-10-14(24-19-13)16(22)23-4/h12,14,20H,5-11H2,1-4H3,(H,18,21). The first kappa shape index (κ1) is 20.4. The summed E-state index contributed by atoms with van der Waals surface area (Å²) in [5.41, 5.74) is -0.145. The van der Waals surface area contributed by atoms with E-state index in [0.29, 0.717) is 12.1 Å². The van der Waals surface area contributed by atoms with Crippen molar-refractivity contribution in [3.8, 4) is 0 Å². The van der Waals surface area contributed by atoms with Gasteiger partial charge in [0.1, 0.15) is 0 Å². The van der Waals surface area contributed by atoms with Gasteiger partial charge in [0.05, 0.1) is 30.9 Å². The van der Waals surface area contributed by atoms with Crippen LogP contribution in [0, 0.1) is 5.92 Å². The highest BCUT2D eigenvalue weighted by Gasteiger charge is 2.36. The van der Waals surface area contributed by atoms with Crippen LogP contribution in [0.15, 0.2) is 5.16 Å². The smallest absolute Gasteiger partial charge is 0.350 e. The molecule has 7 heteroatoms. The maximum absolute atomic E-state index is 12.6. The Morgan fingerprint density at radius 1 is 1.42 bits per heavy atom. The van der Waals surface area contributed by atoms with Crippen molar-refractivity contribution in [1.82, 2.24) is 5.32 Å². The van der Waals surface area contributed by atoms with Gasteiger partial charge < -0.3 is 20.0 Å². The minimum atomic E-state index is -0.776. The lowest BCUT2D eigenvalue weighted by Gasteiger charge is -2.26. The van der Waals surface area contributed by atoms with Crippen LogP contribution in [0.2, 0.25) is 0 Å². The SMILES string of the molecule is CCCCCCC(C(=O)NC(C)(C)CO)C1=NOC(C(=O)OC)C1. The molecule has 1 amide bonds. The quantitative estimate of drug-likeness (QED) is 0.466. The Morgan fingerprint density at radius 3 is 2.71 bits per heavy atom. The molecule has 0 saturated heterocycles. The number of aliphatic hydroxyl groups excluding tert-OH is 1. The highest BCUT2D eigenvalue weighted by atomic mass is 16.7. The molecule has 0 aromatic carbocycles. The molecule has 0 bridgehead atoms. The monoisotopic (exact) mass is 342 g/mol. The van der Waals surface area contributed by atoms with E-state index in [1.807, 2.05) is 0 Å². The summed E-state index contributed by atoms with van der Waals surface area (Å²) in [5.74, 6) is -1.14. The Morgan fingerprint density at radius 2 is 2.12 bits per heavy atom. The van der Waals surface area contributed by atoms with E-state index in [0.717, 1.165) is 25.7 Å². The number of hydrogen-bond acceptors (Lipinski definition) is 6. The summed E-state index contributed by atoms with van der Waals surface area (Å²) in [4.78, 5) is 29.3. The maximum atomic E-state index is 12.6. The molecule has 0 fully saturated rings. The van der Waals surface area contributed by atoms with Crippen molar-refractivity contribution in [2.45, 2.75) is 70.9 Å². The molecular weight excluding hydrogens is 312 g/mol. The van der Waals surface area contributed by atoms with E-state index in [1.165, 1.54) is 7.11 Å².